The second-order valence-electron chi connectivity index (χ2n) is 3.84. The summed E-state index contributed by atoms with van der Waals surface area (Å²) in [7, 11) is 0. The Kier molecular flexibility index (Phi) is 5.35. The second-order valence-corrected chi connectivity index (χ2v) is 3.84. The van der Waals surface area contributed by atoms with E-state index in [-0.39, 0.29) is 6.61 Å². The molecular weight excluding hydrogens is 164 g/mol. The Morgan fingerprint density at radius 3 is 2.85 bits per heavy atom. The summed E-state index contributed by atoms with van der Waals surface area (Å²) < 4.78 is 0. The number of hydrogen-bond donors (Lipinski definition) is 2. The molecule has 0 aliphatic carbocycles. The summed E-state index contributed by atoms with van der Waals surface area (Å²) in [5.41, 5.74) is 5.58. The lowest BCUT2D eigenvalue weighted by molar-refractivity contribution is 0.148. The van der Waals surface area contributed by atoms with Crippen LogP contribution < -0.4 is 5.73 Å². The molecule has 3 nitrogen and oxygen atoms in total. The van der Waals surface area contributed by atoms with E-state index in [4.69, 9.17) is 10.8 Å². The Morgan fingerprint density at radius 1 is 1.31 bits per heavy atom. The summed E-state index contributed by atoms with van der Waals surface area (Å²) in [6, 6.07) is 0.625. The lowest BCUT2D eigenvalue weighted by atomic mass is 10.1. The summed E-state index contributed by atoms with van der Waals surface area (Å²) >= 11 is 0. The standard InChI is InChI=1S/C10H22N2O/c11-6-5-10-4-2-1-3-7-12(10)8-9-13/h10,13H,1-9,11H2. The number of nitrogens with zero attached hydrogens (tertiary/aromatic N) is 1. The van der Waals surface area contributed by atoms with Crippen LogP contribution in [-0.4, -0.2) is 42.3 Å². The average Bonchev–Trinajstić information content (AvgIpc) is 2.33. The van der Waals surface area contributed by atoms with Gasteiger partial charge in [0.2, 0.25) is 0 Å². The van der Waals surface area contributed by atoms with E-state index in [9.17, 15) is 0 Å². The monoisotopic (exact) mass is 186 g/mol. The first kappa shape index (κ1) is 11.0. The highest BCUT2D eigenvalue weighted by molar-refractivity contribution is 4.75. The molecule has 1 heterocycles. The molecule has 1 fully saturated rings. The van der Waals surface area contributed by atoms with Crippen LogP contribution in [0.4, 0.5) is 0 Å². The van der Waals surface area contributed by atoms with E-state index in [0.717, 1.165) is 26.1 Å². The number of nitrogens with two attached hydrogens (primary N) is 1. The Labute approximate surface area is 80.9 Å². The highest BCUT2D eigenvalue weighted by Gasteiger charge is 2.19. The van der Waals surface area contributed by atoms with Crippen LogP contribution >= 0.6 is 0 Å². The van der Waals surface area contributed by atoms with Gasteiger partial charge in [-0.2, -0.15) is 0 Å². The number of hydrogen-bond acceptors (Lipinski definition) is 3. The van der Waals surface area contributed by atoms with Crippen molar-refractivity contribution in [3.8, 4) is 0 Å². The predicted octanol–water partition coefficient (Wildman–Crippen LogP) is 0.572. The van der Waals surface area contributed by atoms with Gasteiger partial charge in [0, 0.05) is 12.6 Å². The van der Waals surface area contributed by atoms with E-state index < -0.39 is 0 Å². The van der Waals surface area contributed by atoms with Crippen molar-refractivity contribution in [2.45, 2.75) is 38.1 Å². The molecule has 0 bridgehead atoms. The van der Waals surface area contributed by atoms with Crippen molar-refractivity contribution in [2.24, 2.45) is 5.73 Å². The first-order chi connectivity index (χ1) is 6.38. The van der Waals surface area contributed by atoms with Gasteiger partial charge >= 0.3 is 0 Å². The van der Waals surface area contributed by atoms with Gasteiger partial charge in [0.05, 0.1) is 6.61 Å². The fourth-order valence-electron chi connectivity index (χ4n) is 2.18. The van der Waals surface area contributed by atoms with E-state index in [1.165, 1.54) is 25.7 Å². The van der Waals surface area contributed by atoms with Crippen molar-refractivity contribution < 1.29 is 5.11 Å². The van der Waals surface area contributed by atoms with E-state index >= 15 is 0 Å². The van der Waals surface area contributed by atoms with Gasteiger partial charge in [-0.05, 0) is 32.4 Å². The lowest BCUT2D eigenvalue weighted by Crippen LogP contribution is -2.38. The minimum atomic E-state index is 0.279. The molecule has 0 saturated carbocycles. The van der Waals surface area contributed by atoms with Crippen LogP contribution in [0.3, 0.4) is 0 Å². The number of aliphatic hydroxyl groups excluding tert-OH is 1. The van der Waals surface area contributed by atoms with Crippen molar-refractivity contribution in [3.63, 3.8) is 0 Å². The predicted molar refractivity (Wildman–Crippen MR) is 54.6 cm³/mol. The van der Waals surface area contributed by atoms with Crippen molar-refractivity contribution >= 4 is 0 Å². The Bertz CT molecular complexity index is 116. The molecule has 0 spiro atoms. The van der Waals surface area contributed by atoms with Crippen molar-refractivity contribution in [3.05, 3.63) is 0 Å². The molecule has 78 valence electrons. The third-order valence-electron chi connectivity index (χ3n) is 2.89. The van der Waals surface area contributed by atoms with Crippen LogP contribution in [0, 0.1) is 0 Å². The van der Waals surface area contributed by atoms with Crippen molar-refractivity contribution in [1.29, 1.82) is 0 Å². The van der Waals surface area contributed by atoms with E-state index in [1.807, 2.05) is 0 Å². The SMILES string of the molecule is NCCC1CCCCCN1CCO. The number of β-amino-alcohol motifs (C(OH)–C–C–N with tert-alkyl or cyclic N) is 1. The fourth-order valence-corrected chi connectivity index (χ4v) is 2.18. The Morgan fingerprint density at radius 2 is 2.15 bits per heavy atom. The molecule has 3 heteroatoms. The summed E-state index contributed by atoms with van der Waals surface area (Å²) in [6.45, 7) is 3.02. The topological polar surface area (TPSA) is 49.5 Å². The first-order valence-corrected chi connectivity index (χ1v) is 5.43. The fraction of sp³-hybridized carbons (Fsp3) is 1.00. The molecule has 0 radical (unpaired) electrons. The van der Waals surface area contributed by atoms with Crippen molar-refractivity contribution in [2.75, 3.05) is 26.2 Å². The minimum absolute atomic E-state index is 0.279. The summed E-state index contributed by atoms with van der Waals surface area (Å²) in [6.07, 6.45) is 6.29. The third-order valence-corrected chi connectivity index (χ3v) is 2.89. The Balaban J connectivity index is 2.40. The maximum Gasteiger partial charge on any atom is 0.0558 e. The van der Waals surface area contributed by atoms with Gasteiger partial charge < -0.3 is 10.8 Å². The lowest BCUT2D eigenvalue weighted by Gasteiger charge is -2.28. The number of rotatable bonds is 4. The normalized spacial score (nSPS) is 25.8. The average molecular weight is 186 g/mol. The zero-order valence-electron chi connectivity index (χ0n) is 8.41. The highest BCUT2D eigenvalue weighted by atomic mass is 16.3. The van der Waals surface area contributed by atoms with Gasteiger partial charge in [0.1, 0.15) is 0 Å². The Hall–Kier alpha value is -0.120. The summed E-state index contributed by atoms with van der Waals surface area (Å²) in [5.74, 6) is 0. The molecule has 3 N–H and O–H groups in total. The first-order valence-electron chi connectivity index (χ1n) is 5.43. The quantitative estimate of drug-likeness (QED) is 0.675. The van der Waals surface area contributed by atoms with Gasteiger partial charge in [-0.25, -0.2) is 0 Å². The molecule has 0 amide bonds. The summed E-state index contributed by atoms with van der Waals surface area (Å²) in [4.78, 5) is 2.40. The molecule has 0 aromatic heterocycles. The van der Waals surface area contributed by atoms with Crippen LogP contribution in [0.1, 0.15) is 32.1 Å². The maximum absolute atomic E-state index is 8.92. The van der Waals surface area contributed by atoms with Crippen LogP contribution in [0.15, 0.2) is 0 Å². The largest absolute Gasteiger partial charge is 0.395 e. The molecule has 1 atom stereocenters. The smallest absolute Gasteiger partial charge is 0.0558 e. The molecular formula is C10H22N2O. The van der Waals surface area contributed by atoms with Gasteiger partial charge in [0.25, 0.3) is 0 Å². The molecule has 0 aromatic carbocycles. The molecule has 1 aliphatic heterocycles. The van der Waals surface area contributed by atoms with Crippen LogP contribution in [-0.2, 0) is 0 Å². The van der Waals surface area contributed by atoms with E-state index in [0.29, 0.717) is 6.04 Å². The molecule has 1 saturated heterocycles. The zero-order valence-corrected chi connectivity index (χ0v) is 8.41. The van der Waals surface area contributed by atoms with Gasteiger partial charge in [-0.3, -0.25) is 4.90 Å². The van der Waals surface area contributed by atoms with Gasteiger partial charge in [0.15, 0.2) is 0 Å². The minimum Gasteiger partial charge on any atom is -0.395 e. The number of likely N-dealkylation sites (tertiary alicyclic amines) is 1. The molecule has 1 aliphatic rings. The molecule has 1 rings (SSSR count). The van der Waals surface area contributed by atoms with E-state index in [1.54, 1.807) is 0 Å². The van der Waals surface area contributed by atoms with Gasteiger partial charge in [-0.1, -0.05) is 12.8 Å². The second kappa shape index (κ2) is 6.35. The van der Waals surface area contributed by atoms with Crippen LogP contribution in [0.25, 0.3) is 0 Å². The maximum atomic E-state index is 8.92. The van der Waals surface area contributed by atoms with Gasteiger partial charge in [-0.15, -0.1) is 0 Å². The number of aliphatic hydroxyl groups is 1. The summed E-state index contributed by atoms with van der Waals surface area (Å²) in [5, 5.41) is 8.92. The molecule has 0 aromatic rings. The molecule has 1 unspecified atom stereocenters. The van der Waals surface area contributed by atoms with Crippen molar-refractivity contribution in [1.82, 2.24) is 4.90 Å². The molecule has 13 heavy (non-hydrogen) atoms. The van der Waals surface area contributed by atoms with Crippen LogP contribution in [0.2, 0.25) is 0 Å². The van der Waals surface area contributed by atoms with Crippen LogP contribution in [0.5, 0.6) is 0 Å². The highest BCUT2D eigenvalue weighted by Crippen LogP contribution is 2.18. The third kappa shape index (κ3) is 3.63. The zero-order chi connectivity index (χ0) is 9.52. The van der Waals surface area contributed by atoms with E-state index in [2.05, 4.69) is 4.90 Å².